The summed E-state index contributed by atoms with van der Waals surface area (Å²) in [4.78, 5) is 13.5. The fourth-order valence-corrected chi connectivity index (χ4v) is 1.92. The number of carbonyl (C=O) groups is 1. The van der Waals surface area contributed by atoms with Crippen LogP contribution in [0.25, 0.3) is 0 Å². The Labute approximate surface area is 123 Å². The van der Waals surface area contributed by atoms with E-state index in [9.17, 15) is 4.79 Å². The lowest BCUT2D eigenvalue weighted by molar-refractivity contribution is -0.131. The molecule has 106 valence electrons. The monoisotopic (exact) mass is 328 g/mol. The van der Waals surface area contributed by atoms with Crippen molar-refractivity contribution in [1.82, 2.24) is 4.90 Å². The molecule has 0 aliphatic carbocycles. The number of rotatable bonds is 7. The number of hydrogen-bond donors (Lipinski definition) is 1. The highest BCUT2D eigenvalue weighted by molar-refractivity contribution is 9.10. The summed E-state index contributed by atoms with van der Waals surface area (Å²) >= 11 is 3.36. The Kier molecular flexibility index (Phi) is 6.87. The van der Waals surface area contributed by atoms with E-state index in [2.05, 4.69) is 15.9 Å². The van der Waals surface area contributed by atoms with Gasteiger partial charge in [0, 0.05) is 11.5 Å². The van der Waals surface area contributed by atoms with Crippen molar-refractivity contribution in [2.45, 2.75) is 25.8 Å². The molecule has 1 amide bonds. The minimum absolute atomic E-state index is 0.0266. The van der Waals surface area contributed by atoms with Crippen LogP contribution in [0.15, 0.2) is 28.7 Å². The second-order valence-corrected chi connectivity index (χ2v) is 5.37. The molecule has 0 heterocycles. The number of nitrogens with zero attached hydrogens (tertiary/aromatic N) is 1. The molecule has 0 saturated heterocycles. The first-order valence-corrected chi connectivity index (χ1v) is 7.22. The molecule has 0 saturated carbocycles. The number of nitrogens with two attached hydrogens (primary N) is 1. The molecule has 0 aliphatic rings. The molecule has 0 unspecified atom stereocenters. The zero-order chi connectivity index (χ0) is 14.3. The molecule has 0 aliphatic heterocycles. The standard InChI is InChI=1S/C14H21BrN2O2/c1-3-4-13(16)14(18)17(2)9-10-19-12-7-5-11(15)6-8-12/h5-8,13H,3-4,9-10,16H2,1-2H3/t13-/m0/s1. The summed E-state index contributed by atoms with van der Waals surface area (Å²) in [7, 11) is 1.75. The average molecular weight is 329 g/mol. The van der Waals surface area contributed by atoms with E-state index in [4.69, 9.17) is 10.5 Å². The molecular formula is C14H21BrN2O2. The van der Waals surface area contributed by atoms with Gasteiger partial charge >= 0.3 is 0 Å². The summed E-state index contributed by atoms with van der Waals surface area (Å²) in [6.07, 6.45) is 1.63. The van der Waals surface area contributed by atoms with Crippen LogP contribution in [0, 0.1) is 0 Å². The van der Waals surface area contributed by atoms with Crippen LogP contribution >= 0.6 is 15.9 Å². The third-order valence-corrected chi connectivity index (χ3v) is 3.33. The fourth-order valence-electron chi connectivity index (χ4n) is 1.66. The predicted octanol–water partition coefficient (Wildman–Crippen LogP) is 2.41. The van der Waals surface area contributed by atoms with Crippen LogP contribution in [-0.2, 0) is 4.79 Å². The van der Waals surface area contributed by atoms with Gasteiger partial charge in [-0.3, -0.25) is 4.79 Å². The van der Waals surface area contributed by atoms with Crippen LogP contribution in [0.4, 0.5) is 0 Å². The lowest BCUT2D eigenvalue weighted by Crippen LogP contribution is -2.43. The molecule has 2 N–H and O–H groups in total. The van der Waals surface area contributed by atoms with Crippen LogP contribution in [0.1, 0.15) is 19.8 Å². The summed E-state index contributed by atoms with van der Waals surface area (Å²) in [5, 5.41) is 0. The molecule has 0 fully saturated rings. The summed E-state index contributed by atoms with van der Waals surface area (Å²) in [6, 6.07) is 7.20. The van der Waals surface area contributed by atoms with E-state index in [0.29, 0.717) is 13.2 Å². The van der Waals surface area contributed by atoms with Crippen molar-refractivity contribution in [3.05, 3.63) is 28.7 Å². The first-order chi connectivity index (χ1) is 9.04. The molecule has 1 aromatic carbocycles. The molecule has 4 nitrogen and oxygen atoms in total. The van der Waals surface area contributed by atoms with Gasteiger partial charge in [-0.2, -0.15) is 0 Å². The third-order valence-electron chi connectivity index (χ3n) is 2.80. The number of likely N-dealkylation sites (N-methyl/N-ethyl adjacent to an activating group) is 1. The van der Waals surface area contributed by atoms with Crippen LogP contribution in [-0.4, -0.2) is 37.0 Å². The zero-order valence-electron chi connectivity index (χ0n) is 11.4. The molecule has 0 spiro atoms. The van der Waals surface area contributed by atoms with Gasteiger partial charge in [-0.1, -0.05) is 29.3 Å². The Balaban J connectivity index is 2.32. The number of benzene rings is 1. The normalized spacial score (nSPS) is 12.0. The Morgan fingerprint density at radius 2 is 2.05 bits per heavy atom. The van der Waals surface area contributed by atoms with Crippen molar-refractivity contribution >= 4 is 21.8 Å². The lowest BCUT2D eigenvalue weighted by atomic mass is 10.1. The second-order valence-electron chi connectivity index (χ2n) is 4.46. The van der Waals surface area contributed by atoms with E-state index in [1.807, 2.05) is 31.2 Å². The molecule has 1 rings (SSSR count). The van der Waals surface area contributed by atoms with Crippen molar-refractivity contribution in [3.63, 3.8) is 0 Å². The molecule has 0 aromatic heterocycles. The predicted molar refractivity (Wildman–Crippen MR) is 80.2 cm³/mol. The Bertz CT molecular complexity index is 395. The summed E-state index contributed by atoms with van der Waals surface area (Å²) in [5.74, 6) is 0.767. The number of halogens is 1. The molecular weight excluding hydrogens is 308 g/mol. The number of amides is 1. The summed E-state index contributed by atoms with van der Waals surface area (Å²) in [6.45, 7) is 3.01. The largest absolute Gasteiger partial charge is 0.492 e. The maximum Gasteiger partial charge on any atom is 0.239 e. The van der Waals surface area contributed by atoms with Gasteiger partial charge in [0.25, 0.3) is 0 Å². The third kappa shape index (κ3) is 5.61. The average Bonchev–Trinajstić information content (AvgIpc) is 2.40. The SMILES string of the molecule is CCC[C@H](N)C(=O)N(C)CCOc1ccc(Br)cc1. The van der Waals surface area contributed by atoms with E-state index < -0.39 is 6.04 Å². The van der Waals surface area contributed by atoms with Gasteiger partial charge in [-0.25, -0.2) is 0 Å². The topological polar surface area (TPSA) is 55.6 Å². The van der Waals surface area contributed by atoms with Gasteiger partial charge in [0.15, 0.2) is 0 Å². The molecule has 19 heavy (non-hydrogen) atoms. The van der Waals surface area contributed by atoms with Gasteiger partial charge < -0.3 is 15.4 Å². The van der Waals surface area contributed by atoms with Gasteiger partial charge in [-0.15, -0.1) is 0 Å². The number of hydrogen-bond acceptors (Lipinski definition) is 3. The summed E-state index contributed by atoms with van der Waals surface area (Å²) in [5.41, 5.74) is 5.79. The van der Waals surface area contributed by atoms with E-state index in [0.717, 1.165) is 23.1 Å². The highest BCUT2D eigenvalue weighted by atomic mass is 79.9. The molecule has 1 aromatic rings. The molecule has 0 radical (unpaired) electrons. The van der Waals surface area contributed by atoms with E-state index in [1.165, 1.54) is 0 Å². The minimum Gasteiger partial charge on any atom is -0.492 e. The minimum atomic E-state index is -0.400. The van der Waals surface area contributed by atoms with Crippen molar-refractivity contribution in [2.75, 3.05) is 20.2 Å². The molecule has 0 bridgehead atoms. The van der Waals surface area contributed by atoms with E-state index in [1.54, 1.807) is 11.9 Å². The maximum atomic E-state index is 11.9. The Morgan fingerprint density at radius 3 is 2.63 bits per heavy atom. The van der Waals surface area contributed by atoms with Crippen molar-refractivity contribution in [2.24, 2.45) is 5.73 Å². The zero-order valence-corrected chi connectivity index (χ0v) is 13.0. The van der Waals surface area contributed by atoms with Gasteiger partial charge in [0.05, 0.1) is 12.6 Å². The summed E-state index contributed by atoms with van der Waals surface area (Å²) < 4.78 is 6.58. The van der Waals surface area contributed by atoms with Gasteiger partial charge in [-0.05, 0) is 30.7 Å². The Morgan fingerprint density at radius 1 is 1.42 bits per heavy atom. The van der Waals surface area contributed by atoms with Crippen LogP contribution in [0.3, 0.4) is 0 Å². The van der Waals surface area contributed by atoms with Crippen molar-refractivity contribution in [3.8, 4) is 5.75 Å². The fraction of sp³-hybridized carbons (Fsp3) is 0.500. The second kappa shape index (κ2) is 8.17. The van der Waals surface area contributed by atoms with Crippen molar-refractivity contribution < 1.29 is 9.53 Å². The molecule has 5 heteroatoms. The number of ether oxygens (including phenoxy) is 1. The van der Waals surface area contributed by atoms with E-state index in [-0.39, 0.29) is 5.91 Å². The van der Waals surface area contributed by atoms with Crippen LogP contribution < -0.4 is 10.5 Å². The van der Waals surface area contributed by atoms with Crippen LogP contribution in [0.2, 0.25) is 0 Å². The first kappa shape index (κ1) is 16.0. The van der Waals surface area contributed by atoms with Crippen LogP contribution in [0.5, 0.6) is 5.75 Å². The first-order valence-electron chi connectivity index (χ1n) is 6.43. The molecule has 1 atom stereocenters. The van der Waals surface area contributed by atoms with Gasteiger partial charge in [0.2, 0.25) is 5.91 Å². The highest BCUT2D eigenvalue weighted by Gasteiger charge is 2.16. The highest BCUT2D eigenvalue weighted by Crippen LogP contribution is 2.15. The number of carbonyl (C=O) groups excluding carboxylic acids is 1. The van der Waals surface area contributed by atoms with Gasteiger partial charge in [0.1, 0.15) is 12.4 Å². The lowest BCUT2D eigenvalue weighted by Gasteiger charge is -2.21. The van der Waals surface area contributed by atoms with Crippen molar-refractivity contribution in [1.29, 1.82) is 0 Å². The maximum absolute atomic E-state index is 11.9. The smallest absolute Gasteiger partial charge is 0.239 e. The Hall–Kier alpha value is -1.07. The quantitative estimate of drug-likeness (QED) is 0.836. The van der Waals surface area contributed by atoms with E-state index >= 15 is 0 Å².